The van der Waals surface area contributed by atoms with Crippen molar-refractivity contribution in [3.05, 3.63) is 85.9 Å². The van der Waals surface area contributed by atoms with E-state index >= 15 is 0 Å². The maximum atomic E-state index is 14.9. The lowest BCUT2D eigenvalue weighted by atomic mass is 9.98. The Morgan fingerprint density at radius 1 is 1.16 bits per heavy atom. The van der Waals surface area contributed by atoms with Gasteiger partial charge >= 0.3 is 0 Å². The van der Waals surface area contributed by atoms with Crippen molar-refractivity contribution in [3.8, 4) is 6.07 Å². The quantitative estimate of drug-likeness (QED) is 0.158. The summed E-state index contributed by atoms with van der Waals surface area (Å²) < 4.78 is 14.9. The number of rotatable bonds is 7. The molecule has 2 aliphatic rings. The van der Waals surface area contributed by atoms with Gasteiger partial charge in [-0.3, -0.25) is 14.9 Å². The second-order valence-electron chi connectivity index (χ2n) is 12.2. The smallest absolute Gasteiger partial charge is 0.165 e. The molecular formula is C32H34Cl2FN9S. The molecule has 0 spiro atoms. The fourth-order valence-electron chi connectivity index (χ4n) is 5.84. The molecule has 1 fully saturated rings. The largest absolute Gasteiger partial charge is 0.372 e. The molecule has 0 unspecified atom stereocenters. The molecule has 4 heterocycles. The van der Waals surface area contributed by atoms with Gasteiger partial charge in [0.25, 0.3) is 0 Å². The Morgan fingerprint density at radius 3 is 2.62 bits per heavy atom. The van der Waals surface area contributed by atoms with E-state index in [0.29, 0.717) is 33.3 Å². The highest BCUT2D eigenvalue weighted by Crippen LogP contribution is 2.39. The van der Waals surface area contributed by atoms with E-state index in [2.05, 4.69) is 74.5 Å². The highest BCUT2D eigenvalue weighted by atomic mass is 35.5. The SMILES string of the molecule is Cc1ncsc1[C@H](Nc1cc(Cl)c2ncc(C#N)c(Nc3cccc(Cl)c3F)c2c1)C1=CN(C2CCN(C(C)(C)C)CC2)NN1. The number of halogens is 3. The number of aromatic nitrogens is 2. The van der Waals surface area contributed by atoms with Crippen LogP contribution in [0.2, 0.25) is 10.0 Å². The molecule has 0 bridgehead atoms. The van der Waals surface area contributed by atoms with Crippen LogP contribution < -0.4 is 21.6 Å². The molecule has 2 aromatic heterocycles. The van der Waals surface area contributed by atoms with Crippen LogP contribution in [-0.4, -0.2) is 44.5 Å². The fourth-order valence-corrected chi connectivity index (χ4v) is 7.15. The molecule has 2 aromatic carbocycles. The summed E-state index contributed by atoms with van der Waals surface area (Å²) in [7, 11) is 0. The first kappa shape index (κ1) is 31.3. The van der Waals surface area contributed by atoms with Crippen LogP contribution in [0.1, 0.15) is 55.8 Å². The number of nitriles is 1. The first-order chi connectivity index (χ1) is 21.5. The average Bonchev–Trinajstić information content (AvgIpc) is 3.68. The minimum atomic E-state index is -0.616. The molecule has 1 saturated heterocycles. The summed E-state index contributed by atoms with van der Waals surface area (Å²) in [6, 6.07) is 10.6. The van der Waals surface area contributed by atoms with Gasteiger partial charge in [-0.05, 0) is 64.8 Å². The van der Waals surface area contributed by atoms with Gasteiger partial charge in [0.1, 0.15) is 12.1 Å². The number of aryl methyl sites for hydroxylation is 1. The van der Waals surface area contributed by atoms with Gasteiger partial charge in [-0.2, -0.15) is 5.26 Å². The minimum absolute atomic E-state index is 0.0280. The number of hydrogen-bond donors (Lipinski definition) is 4. The van der Waals surface area contributed by atoms with Crippen molar-refractivity contribution >= 4 is 62.5 Å². The number of nitrogens with zero attached hydrogens (tertiary/aromatic N) is 5. The summed E-state index contributed by atoms with van der Waals surface area (Å²) in [5, 5.41) is 19.7. The molecule has 0 aliphatic carbocycles. The van der Waals surface area contributed by atoms with E-state index in [1.54, 1.807) is 29.5 Å². The third kappa shape index (κ3) is 6.39. The van der Waals surface area contributed by atoms with E-state index in [9.17, 15) is 9.65 Å². The zero-order valence-electron chi connectivity index (χ0n) is 25.4. The van der Waals surface area contributed by atoms with Crippen LogP contribution in [0.15, 0.2) is 53.9 Å². The van der Waals surface area contributed by atoms with Crippen molar-refractivity contribution in [3.63, 3.8) is 0 Å². The minimum Gasteiger partial charge on any atom is -0.372 e. The number of likely N-dealkylation sites (tertiary alicyclic amines) is 1. The first-order valence-electron chi connectivity index (χ1n) is 14.7. The van der Waals surface area contributed by atoms with Gasteiger partial charge in [0.2, 0.25) is 0 Å². The predicted molar refractivity (Wildman–Crippen MR) is 180 cm³/mol. The standard InChI is InChI=1S/C32H34Cl2FN9S/c1-18-31(45-17-38-18)30(26-16-44(42-41-26)21-8-10-43(11-9-21)32(2,3)4)39-20-12-22-28(40-25-7-5-6-23(33)27(25)35)19(14-36)15-37-29(22)24(34)13-20/h5-7,12-13,15-17,21,30,39,41-42H,8-11H2,1-4H3,(H,37,40)/t30-/m1/s1. The number of hydrazine groups is 2. The molecule has 234 valence electrons. The zero-order chi connectivity index (χ0) is 31.9. The summed E-state index contributed by atoms with van der Waals surface area (Å²) >= 11 is 14.4. The lowest BCUT2D eigenvalue weighted by molar-refractivity contribution is 0.0570. The van der Waals surface area contributed by atoms with Gasteiger partial charge in [-0.15, -0.1) is 16.9 Å². The molecule has 1 atom stereocenters. The number of fused-ring (bicyclic) bond motifs is 1. The Kier molecular flexibility index (Phi) is 8.78. The van der Waals surface area contributed by atoms with Gasteiger partial charge < -0.3 is 16.1 Å². The van der Waals surface area contributed by atoms with Gasteiger partial charge in [-0.25, -0.2) is 9.37 Å². The number of thiazole rings is 1. The highest BCUT2D eigenvalue weighted by molar-refractivity contribution is 7.09. The Morgan fingerprint density at radius 2 is 1.93 bits per heavy atom. The van der Waals surface area contributed by atoms with Crippen molar-refractivity contribution < 1.29 is 4.39 Å². The van der Waals surface area contributed by atoms with Crippen LogP contribution in [0.25, 0.3) is 10.9 Å². The lowest BCUT2D eigenvalue weighted by Crippen LogP contribution is -2.52. The summed E-state index contributed by atoms with van der Waals surface area (Å²) in [5.41, 5.74) is 12.5. The normalized spacial score (nSPS) is 16.8. The zero-order valence-corrected chi connectivity index (χ0v) is 27.7. The third-order valence-electron chi connectivity index (χ3n) is 8.34. The average molecular weight is 667 g/mol. The van der Waals surface area contributed by atoms with E-state index in [-0.39, 0.29) is 27.9 Å². The summed E-state index contributed by atoms with van der Waals surface area (Å²) in [6.45, 7) is 10.9. The molecular weight excluding hydrogens is 632 g/mol. The topological polar surface area (TPSA) is 104 Å². The summed E-state index contributed by atoms with van der Waals surface area (Å²) in [4.78, 5) is 12.5. The molecule has 4 N–H and O–H groups in total. The number of nitrogens with one attached hydrogen (secondary N) is 4. The second-order valence-corrected chi connectivity index (χ2v) is 13.9. The van der Waals surface area contributed by atoms with Gasteiger partial charge in [0.15, 0.2) is 5.82 Å². The van der Waals surface area contributed by atoms with Crippen molar-refractivity contribution in [2.45, 2.75) is 58.2 Å². The Labute approximate surface area is 276 Å². The van der Waals surface area contributed by atoms with Crippen LogP contribution in [0.5, 0.6) is 0 Å². The van der Waals surface area contributed by atoms with Crippen molar-refractivity contribution in [1.82, 2.24) is 30.8 Å². The van der Waals surface area contributed by atoms with E-state index in [1.807, 2.05) is 18.5 Å². The molecule has 6 rings (SSSR count). The number of hydrogen-bond acceptors (Lipinski definition) is 10. The van der Waals surface area contributed by atoms with Crippen molar-refractivity contribution in [2.24, 2.45) is 0 Å². The lowest BCUT2D eigenvalue weighted by Gasteiger charge is -2.42. The number of piperidine rings is 1. The van der Waals surface area contributed by atoms with E-state index in [4.69, 9.17) is 23.2 Å². The number of benzene rings is 2. The van der Waals surface area contributed by atoms with Gasteiger partial charge in [-0.1, -0.05) is 29.3 Å². The van der Waals surface area contributed by atoms with Crippen LogP contribution in [0.3, 0.4) is 0 Å². The van der Waals surface area contributed by atoms with Crippen LogP contribution in [0, 0.1) is 24.1 Å². The molecule has 2 aliphatic heterocycles. The summed E-state index contributed by atoms with van der Waals surface area (Å²) in [5.74, 6) is -0.616. The molecule has 13 heteroatoms. The van der Waals surface area contributed by atoms with Crippen LogP contribution in [0.4, 0.5) is 21.5 Å². The second kappa shape index (κ2) is 12.6. The van der Waals surface area contributed by atoms with Crippen molar-refractivity contribution in [2.75, 3.05) is 23.7 Å². The van der Waals surface area contributed by atoms with Gasteiger partial charge in [0, 0.05) is 48.1 Å². The fraction of sp³-hybridized carbons (Fsp3) is 0.344. The maximum Gasteiger partial charge on any atom is 0.165 e. The number of anilines is 3. The molecule has 0 amide bonds. The van der Waals surface area contributed by atoms with Crippen LogP contribution >= 0.6 is 34.5 Å². The van der Waals surface area contributed by atoms with E-state index < -0.39 is 5.82 Å². The molecule has 45 heavy (non-hydrogen) atoms. The number of pyridine rings is 1. The molecule has 9 nitrogen and oxygen atoms in total. The molecule has 0 saturated carbocycles. The summed E-state index contributed by atoms with van der Waals surface area (Å²) in [6.07, 6.45) is 5.64. The molecule has 4 aromatic rings. The Bertz CT molecular complexity index is 1800. The Balaban J connectivity index is 1.34. The van der Waals surface area contributed by atoms with Crippen molar-refractivity contribution in [1.29, 1.82) is 5.26 Å². The van der Waals surface area contributed by atoms with E-state index in [0.717, 1.165) is 42.2 Å². The molecule has 0 radical (unpaired) electrons. The maximum absolute atomic E-state index is 14.9. The highest BCUT2D eigenvalue weighted by Gasteiger charge is 2.33. The van der Waals surface area contributed by atoms with Crippen LogP contribution in [-0.2, 0) is 0 Å². The van der Waals surface area contributed by atoms with E-state index in [1.165, 1.54) is 12.3 Å². The Hall–Kier alpha value is -3.66. The predicted octanol–water partition coefficient (Wildman–Crippen LogP) is 7.64. The third-order valence-corrected chi connectivity index (χ3v) is 9.91. The monoisotopic (exact) mass is 665 g/mol. The first-order valence-corrected chi connectivity index (χ1v) is 16.3. The van der Waals surface area contributed by atoms with Gasteiger partial charge in [0.05, 0.1) is 54.3 Å².